The maximum atomic E-state index is 4.91. The Bertz CT molecular complexity index is 1790. The van der Waals surface area contributed by atoms with Gasteiger partial charge in [0.25, 0.3) is 0 Å². The Hall–Kier alpha value is -4.63. The SMILES string of the molecule is CC1(c2ccc(C(C)(C)c3ccc(-c4nc(-c5ccccc5)nc(-c5ccccc5)n4)cc3)cc2)C=CC(C2CCCCC2)=CC1. The van der Waals surface area contributed by atoms with Crippen molar-refractivity contribution in [1.82, 2.24) is 15.0 Å². The lowest BCUT2D eigenvalue weighted by molar-refractivity contribution is 0.404. The summed E-state index contributed by atoms with van der Waals surface area (Å²) in [5, 5.41) is 0. The molecule has 230 valence electrons. The van der Waals surface area contributed by atoms with Crippen molar-refractivity contribution in [2.45, 2.75) is 70.1 Å². The number of hydrogen-bond acceptors (Lipinski definition) is 3. The molecule has 0 bridgehead atoms. The number of benzene rings is 4. The molecular weight excluding hydrogens is 558 g/mol. The Morgan fingerprint density at radius 1 is 0.587 bits per heavy atom. The second-order valence-corrected chi connectivity index (χ2v) is 13.8. The molecule has 2 aliphatic rings. The predicted molar refractivity (Wildman–Crippen MR) is 190 cm³/mol. The van der Waals surface area contributed by atoms with Gasteiger partial charge in [-0.2, -0.15) is 0 Å². The van der Waals surface area contributed by atoms with Crippen LogP contribution in [0, 0.1) is 5.92 Å². The van der Waals surface area contributed by atoms with E-state index in [2.05, 4.69) is 87.5 Å². The van der Waals surface area contributed by atoms with Gasteiger partial charge in [0.15, 0.2) is 17.5 Å². The van der Waals surface area contributed by atoms with Crippen LogP contribution in [0.25, 0.3) is 34.2 Å². The normalized spacial score (nSPS) is 18.7. The molecule has 1 unspecified atom stereocenters. The number of nitrogens with zero attached hydrogens (tertiary/aromatic N) is 3. The molecule has 1 aromatic heterocycles. The van der Waals surface area contributed by atoms with Crippen molar-refractivity contribution in [1.29, 1.82) is 0 Å². The van der Waals surface area contributed by atoms with E-state index in [-0.39, 0.29) is 10.8 Å². The molecule has 5 aromatic rings. The van der Waals surface area contributed by atoms with Gasteiger partial charge in [-0.3, -0.25) is 0 Å². The molecule has 3 heteroatoms. The first kappa shape index (κ1) is 30.0. The molecule has 0 saturated heterocycles. The molecule has 1 heterocycles. The predicted octanol–water partition coefficient (Wildman–Crippen LogP) is 10.9. The van der Waals surface area contributed by atoms with E-state index in [4.69, 9.17) is 15.0 Å². The average molecular weight is 602 g/mol. The minimum Gasteiger partial charge on any atom is -0.208 e. The molecule has 1 fully saturated rings. The summed E-state index contributed by atoms with van der Waals surface area (Å²) in [7, 11) is 0. The number of hydrogen-bond donors (Lipinski definition) is 0. The molecule has 0 radical (unpaired) electrons. The lowest BCUT2D eigenvalue weighted by Crippen LogP contribution is -2.23. The number of aromatic nitrogens is 3. The Balaban J connectivity index is 1.12. The van der Waals surface area contributed by atoms with Crippen LogP contribution in [0.15, 0.2) is 133 Å². The second-order valence-electron chi connectivity index (χ2n) is 13.8. The van der Waals surface area contributed by atoms with Crippen LogP contribution in [-0.2, 0) is 10.8 Å². The van der Waals surface area contributed by atoms with E-state index in [0.29, 0.717) is 17.5 Å². The van der Waals surface area contributed by atoms with E-state index in [1.165, 1.54) is 48.8 Å². The third-order valence-corrected chi connectivity index (χ3v) is 10.3. The van der Waals surface area contributed by atoms with Crippen molar-refractivity contribution in [2.75, 3.05) is 0 Å². The molecule has 0 amide bonds. The maximum Gasteiger partial charge on any atom is 0.164 e. The molecule has 46 heavy (non-hydrogen) atoms. The largest absolute Gasteiger partial charge is 0.208 e. The van der Waals surface area contributed by atoms with Crippen LogP contribution in [0.1, 0.15) is 76.0 Å². The van der Waals surface area contributed by atoms with Gasteiger partial charge in [-0.05, 0) is 47.4 Å². The molecule has 2 aliphatic carbocycles. The van der Waals surface area contributed by atoms with E-state index < -0.39 is 0 Å². The van der Waals surface area contributed by atoms with Gasteiger partial charge in [0, 0.05) is 27.5 Å². The molecule has 1 saturated carbocycles. The summed E-state index contributed by atoms with van der Waals surface area (Å²) in [6.45, 7) is 6.99. The zero-order valence-corrected chi connectivity index (χ0v) is 27.3. The highest BCUT2D eigenvalue weighted by atomic mass is 15.0. The molecule has 1 atom stereocenters. The molecule has 0 aliphatic heterocycles. The van der Waals surface area contributed by atoms with Crippen molar-refractivity contribution in [3.05, 3.63) is 150 Å². The van der Waals surface area contributed by atoms with Crippen molar-refractivity contribution in [3.63, 3.8) is 0 Å². The van der Waals surface area contributed by atoms with Crippen molar-refractivity contribution in [2.24, 2.45) is 5.92 Å². The molecule has 0 spiro atoms. The maximum absolute atomic E-state index is 4.91. The first-order chi connectivity index (χ1) is 22.4. The fourth-order valence-electron chi connectivity index (χ4n) is 7.11. The standard InChI is InChI=1S/C43H43N3/c1-42(2,37-23-25-38(26-24-37)43(3)29-27-32(28-30-43)31-13-7-4-8-14-31)36-21-19-35(20-22-36)41-45-39(33-15-9-5-10-16-33)44-40(46-41)34-17-11-6-12-18-34/h5-6,9-12,15-29,31H,4,7-8,13-14,30H2,1-3H3. The Morgan fingerprint density at radius 2 is 1.07 bits per heavy atom. The minimum atomic E-state index is -0.155. The summed E-state index contributed by atoms with van der Waals surface area (Å²) in [6, 6.07) is 38.3. The van der Waals surface area contributed by atoms with Gasteiger partial charge in [-0.25, -0.2) is 15.0 Å². The first-order valence-electron chi connectivity index (χ1n) is 16.9. The monoisotopic (exact) mass is 601 g/mol. The van der Waals surface area contributed by atoms with Gasteiger partial charge in [-0.15, -0.1) is 0 Å². The van der Waals surface area contributed by atoms with E-state index >= 15 is 0 Å². The van der Waals surface area contributed by atoms with Gasteiger partial charge < -0.3 is 0 Å². The van der Waals surface area contributed by atoms with Gasteiger partial charge in [0.05, 0.1) is 0 Å². The van der Waals surface area contributed by atoms with Gasteiger partial charge >= 0.3 is 0 Å². The quantitative estimate of drug-likeness (QED) is 0.186. The zero-order valence-electron chi connectivity index (χ0n) is 27.3. The Labute approximate surface area is 274 Å². The van der Waals surface area contributed by atoms with Crippen molar-refractivity contribution < 1.29 is 0 Å². The summed E-state index contributed by atoms with van der Waals surface area (Å²) in [4.78, 5) is 14.7. The fraction of sp³-hybridized carbons (Fsp3) is 0.279. The number of allylic oxidation sites excluding steroid dienone is 4. The summed E-state index contributed by atoms with van der Waals surface area (Å²) < 4.78 is 0. The molecule has 4 aromatic carbocycles. The zero-order chi connectivity index (χ0) is 31.6. The average Bonchev–Trinajstić information content (AvgIpc) is 3.13. The third kappa shape index (κ3) is 6.11. The van der Waals surface area contributed by atoms with Crippen LogP contribution >= 0.6 is 0 Å². The van der Waals surface area contributed by atoms with Gasteiger partial charge in [-0.1, -0.05) is 167 Å². The van der Waals surface area contributed by atoms with Crippen LogP contribution in [0.2, 0.25) is 0 Å². The Morgan fingerprint density at radius 3 is 1.54 bits per heavy atom. The van der Waals surface area contributed by atoms with Gasteiger partial charge in [0.2, 0.25) is 0 Å². The fourth-order valence-corrected chi connectivity index (χ4v) is 7.11. The number of rotatable bonds is 7. The first-order valence-corrected chi connectivity index (χ1v) is 16.9. The van der Waals surface area contributed by atoms with Crippen LogP contribution in [0.3, 0.4) is 0 Å². The van der Waals surface area contributed by atoms with Crippen LogP contribution in [0.5, 0.6) is 0 Å². The third-order valence-electron chi connectivity index (χ3n) is 10.3. The molecular formula is C43H43N3. The highest BCUT2D eigenvalue weighted by Crippen LogP contribution is 2.40. The summed E-state index contributed by atoms with van der Waals surface area (Å²) in [6.07, 6.45) is 15.4. The van der Waals surface area contributed by atoms with E-state index in [1.807, 2.05) is 60.7 Å². The van der Waals surface area contributed by atoms with Crippen molar-refractivity contribution in [3.8, 4) is 34.2 Å². The summed E-state index contributed by atoms with van der Waals surface area (Å²) >= 11 is 0. The van der Waals surface area contributed by atoms with E-state index in [1.54, 1.807) is 5.57 Å². The van der Waals surface area contributed by atoms with Crippen LogP contribution in [-0.4, -0.2) is 15.0 Å². The topological polar surface area (TPSA) is 38.7 Å². The lowest BCUT2D eigenvalue weighted by atomic mass is 9.72. The Kier molecular flexibility index (Phi) is 8.25. The minimum absolute atomic E-state index is 0.0459. The van der Waals surface area contributed by atoms with Crippen LogP contribution in [0.4, 0.5) is 0 Å². The smallest absolute Gasteiger partial charge is 0.164 e. The van der Waals surface area contributed by atoms with E-state index in [0.717, 1.165) is 29.0 Å². The molecule has 0 N–H and O–H groups in total. The highest BCUT2D eigenvalue weighted by Gasteiger charge is 2.29. The molecule has 7 rings (SSSR count). The molecule has 3 nitrogen and oxygen atoms in total. The second kappa shape index (κ2) is 12.6. The summed E-state index contributed by atoms with van der Waals surface area (Å²) in [5.74, 6) is 2.80. The van der Waals surface area contributed by atoms with Crippen molar-refractivity contribution >= 4 is 0 Å². The highest BCUT2D eigenvalue weighted by molar-refractivity contribution is 5.66. The van der Waals surface area contributed by atoms with E-state index in [9.17, 15) is 0 Å². The van der Waals surface area contributed by atoms with Gasteiger partial charge in [0.1, 0.15) is 0 Å². The lowest BCUT2D eigenvalue weighted by Gasteiger charge is -2.33. The summed E-state index contributed by atoms with van der Waals surface area (Å²) in [5.41, 5.74) is 8.34. The van der Waals surface area contributed by atoms with Crippen LogP contribution < -0.4 is 0 Å².